The molecule has 0 aliphatic heterocycles. The van der Waals surface area contributed by atoms with E-state index < -0.39 is 5.82 Å². The van der Waals surface area contributed by atoms with Crippen LogP contribution in [0.1, 0.15) is 5.56 Å². The zero-order valence-corrected chi connectivity index (χ0v) is 10.7. The Morgan fingerprint density at radius 1 is 1.30 bits per heavy atom. The van der Waals surface area contributed by atoms with Gasteiger partial charge in [-0.3, -0.25) is 0 Å². The van der Waals surface area contributed by atoms with E-state index in [4.69, 9.17) is 0 Å². The second kappa shape index (κ2) is 4.81. The molecule has 0 spiro atoms. The van der Waals surface area contributed by atoms with Crippen LogP contribution in [0.4, 0.5) is 4.39 Å². The quantitative estimate of drug-likeness (QED) is 0.710. The predicted molar refractivity (Wildman–Crippen MR) is 77.1 cm³/mol. The molecule has 1 heterocycles. The molecule has 100 valence electrons. The first-order valence-corrected chi connectivity index (χ1v) is 6.25. The monoisotopic (exact) mass is 268 g/mol. The number of hydrogen-bond acceptors (Lipinski definition) is 2. The van der Waals surface area contributed by atoms with E-state index in [1.807, 2.05) is 18.2 Å². The van der Waals surface area contributed by atoms with Crippen molar-refractivity contribution in [2.24, 2.45) is 0 Å². The SMILES string of the molecule is C=CCc1cc(F)c(O)c(-c2ccc3[nH]cnc3c2)c1. The summed E-state index contributed by atoms with van der Waals surface area (Å²) in [4.78, 5) is 7.16. The summed E-state index contributed by atoms with van der Waals surface area (Å²) in [6.45, 7) is 3.65. The fourth-order valence-electron chi connectivity index (χ4n) is 2.26. The highest BCUT2D eigenvalue weighted by Crippen LogP contribution is 2.34. The van der Waals surface area contributed by atoms with Gasteiger partial charge in [0.05, 0.1) is 17.4 Å². The van der Waals surface area contributed by atoms with Crippen LogP contribution in [0.2, 0.25) is 0 Å². The lowest BCUT2D eigenvalue weighted by Gasteiger charge is -2.08. The average molecular weight is 268 g/mol. The molecule has 20 heavy (non-hydrogen) atoms. The number of aromatic hydroxyl groups is 1. The highest BCUT2D eigenvalue weighted by atomic mass is 19.1. The molecule has 0 unspecified atom stereocenters. The fourth-order valence-corrected chi connectivity index (χ4v) is 2.26. The first kappa shape index (κ1) is 12.4. The van der Waals surface area contributed by atoms with Gasteiger partial charge in [0.2, 0.25) is 0 Å². The summed E-state index contributed by atoms with van der Waals surface area (Å²) in [6, 6.07) is 8.60. The van der Waals surface area contributed by atoms with E-state index in [2.05, 4.69) is 16.5 Å². The maximum Gasteiger partial charge on any atom is 0.165 e. The van der Waals surface area contributed by atoms with E-state index >= 15 is 0 Å². The lowest BCUT2D eigenvalue weighted by Crippen LogP contribution is -1.89. The van der Waals surface area contributed by atoms with E-state index in [1.165, 1.54) is 6.07 Å². The molecule has 0 aliphatic rings. The molecule has 0 radical (unpaired) electrons. The highest BCUT2D eigenvalue weighted by Gasteiger charge is 2.12. The van der Waals surface area contributed by atoms with Crippen LogP contribution in [-0.2, 0) is 6.42 Å². The molecule has 0 bridgehead atoms. The van der Waals surface area contributed by atoms with Gasteiger partial charge in [-0.2, -0.15) is 0 Å². The number of benzene rings is 2. The molecular formula is C16H13FN2O. The summed E-state index contributed by atoms with van der Waals surface area (Å²) in [5.74, 6) is -0.964. The van der Waals surface area contributed by atoms with Gasteiger partial charge in [0.1, 0.15) is 0 Å². The van der Waals surface area contributed by atoms with Crippen molar-refractivity contribution in [3.05, 3.63) is 60.7 Å². The number of hydrogen-bond donors (Lipinski definition) is 2. The Labute approximate surface area is 115 Å². The van der Waals surface area contributed by atoms with Gasteiger partial charge >= 0.3 is 0 Å². The van der Waals surface area contributed by atoms with Gasteiger partial charge in [0.25, 0.3) is 0 Å². The Kier molecular flexibility index (Phi) is 2.99. The van der Waals surface area contributed by atoms with E-state index in [-0.39, 0.29) is 5.75 Å². The normalized spacial score (nSPS) is 10.8. The summed E-state index contributed by atoms with van der Waals surface area (Å²) in [5, 5.41) is 9.94. The first-order valence-electron chi connectivity index (χ1n) is 6.25. The molecule has 2 N–H and O–H groups in total. The number of halogens is 1. The third-order valence-corrected chi connectivity index (χ3v) is 3.24. The molecule has 2 aromatic carbocycles. The lowest BCUT2D eigenvalue weighted by atomic mass is 9.99. The zero-order valence-electron chi connectivity index (χ0n) is 10.7. The van der Waals surface area contributed by atoms with Crippen molar-refractivity contribution in [1.29, 1.82) is 0 Å². The third-order valence-electron chi connectivity index (χ3n) is 3.24. The van der Waals surface area contributed by atoms with E-state index in [0.717, 1.165) is 22.2 Å². The lowest BCUT2D eigenvalue weighted by molar-refractivity contribution is 0.434. The Morgan fingerprint density at radius 3 is 2.95 bits per heavy atom. The van der Waals surface area contributed by atoms with Crippen LogP contribution >= 0.6 is 0 Å². The average Bonchev–Trinajstić information content (AvgIpc) is 2.90. The number of nitrogens with zero attached hydrogens (tertiary/aromatic N) is 1. The molecule has 0 saturated heterocycles. The maximum atomic E-state index is 13.8. The zero-order chi connectivity index (χ0) is 14.1. The Bertz CT molecular complexity index is 792. The molecule has 4 heteroatoms. The Balaban J connectivity index is 2.18. The number of H-pyrrole nitrogens is 1. The van der Waals surface area contributed by atoms with Crippen LogP contribution < -0.4 is 0 Å². The van der Waals surface area contributed by atoms with Gasteiger partial charge in [0, 0.05) is 5.56 Å². The third kappa shape index (κ3) is 2.05. The Hall–Kier alpha value is -2.62. The maximum absolute atomic E-state index is 13.8. The van der Waals surface area contributed by atoms with E-state index in [1.54, 1.807) is 18.5 Å². The van der Waals surface area contributed by atoms with Crippen molar-refractivity contribution >= 4 is 11.0 Å². The summed E-state index contributed by atoms with van der Waals surface area (Å²) in [7, 11) is 0. The van der Waals surface area contributed by atoms with Gasteiger partial charge in [0.15, 0.2) is 11.6 Å². The van der Waals surface area contributed by atoms with Crippen molar-refractivity contribution in [3.8, 4) is 16.9 Å². The number of phenols is 1. The van der Waals surface area contributed by atoms with Crippen LogP contribution in [0.25, 0.3) is 22.2 Å². The van der Waals surface area contributed by atoms with Crippen molar-refractivity contribution in [2.45, 2.75) is 6.42 Å². The molecule has 3 rings (SSSR count). The topological polar surface area (TPSA) is 48.9 Å². The summed E-state index contributed by atoms with van der Waals surface area (Å²) in [5.41, 5.74) is 3.64. The second-order valence-corrected chi connectivity index (χ2v) is 4.60. The van der Waals surface area contributed by atoms with Crippen LogP contribution in [0.5, 0.6) is 5.75 Å². The van der Waals surface area contributed by atoms with Crippen molar-refractivity contribution < 1.29 is 9.50 Å². The van der Waals surface area contributed by atoms with Crippen molar-refractivity contribution in [3.63, 3.8) is 0 Å². The van der Waals surface area contributed by atoms with Gasteiger partial charge in [-0.05, 0) is 41.8 Å². The standard InChI is InChI=1S/C16H13FN2O/c1-2-3-10-6-12(16(20)13(17)7-10)11-4-5-14-15(8-11)19-9-18-14/h2,4-9,20H,1,3H2,(H,18,19). The molecule has 0 amide bonds. The first-order chi connectivity index (χ1) is 9.69. The van der Waals surface area contributed by atoms with Gasteiger partial charge in [-0.25, -0.2) is 9.37 Å². The number of fused-ring (bicyclic) bond motifs is 1. The minimum Gasteiger partial charge on any atom is -0.504 e. The number of allylic oxidation sites excluding steroid dienone is 1. The van der Waals surface area contributed by atoms with Crippen LogP contribution in [0.3, 0.4) is 0 Å². The minimum absolute atomic E-state index is 0.340. The van der Waals surface area contributed by atoms with E-state index in [0.29, 0.717) is 12.0 Å². The number of imidazole rings is 1. The molecule has 0 aliphatic carbocycles. The molecule has 0 saturated carbocycles. The van der Waals surface area contributed by atoms with Crippen LogP contribution in [-0.4, -0.2) is 15.1 Å². The van der Waals surface area contributed by atoms with Gasteiger partial charge in [-0.15, -0.1) is 6.58 Å². The molecule has 3 aromatic rings. The number of aromatic nitrogens is 2. The van der Waals surface area contributed by atoms with Crippen molar-refractivity contribution in [2.75, 3.05) is 0 Å². The molecule has 0 atom stereocenters. The van der Waals surface area contributed by atoms with Crippen LogP contribution in [0.15, 0.2) is 49.3 Å². The number of rotatable bonds is 3. The summed E-state index contributed by atoms with van der Waals surface area (Å²) < 4.78 is 13.8. The molecule has 1 aromatic heterocycles. The largest absolute Gasteiger partial charge is 0.504 e. The predicted octanol–water partition coefficient (Wildman–Crippen LogP) is 3.80. The second-order valence-electron chi connectivity index (χ2n) is 4.60. The minimum atomic E-state index is -0.624. The number of phenolic OH excluding ortho intramolecular Hbond substituents is 1. The summed E-state index contributed by atoms with van der Waals surface area (Å²) >= 11 is 0. The smallest absolute Gasteiger partial charge is 0.165 e. The number of aromatic amines is 1. The van der Waals surface area contributed by atoms with Crippen LogP contribution in [0, 0.1) is 5.82 Å². The summed E-state index contributed by atoms with van der Waals surface area (Å²) in [6.07, 6.45) is 3.85. The fraction of sp³-hybridized carbons (Fsp3) is 0.0625. The Morgan fingerprint density at radius 2 is 2.15 bits per heavy atom. The molecule has 3 nitrogen and oxygen atoms in total. The molecule has 0 fully saturated rings. The molecular weight excluding hydrogens is 255 g/mol. The van der Waals surface area contributed by atoms with Crippen molar-refractivity contribution in [1.82, 2.24) is 9.97 Å². The number of nitrogens with one attached hydrogen (secondary N) is 1. The van der Waals surface area contributed by atoms with Gasteiger partial charge in [-0.1, -0.05) is 12.1 Å². The highest BCUT2D eigenvalue weighted by molar-refractivity contribution is 5.83. The van der Waals surface area contributed by atoms with Gasteiger partial charge < -0.3 is 10.1 Å². The van der Waals surface area contributed by atoms with E-state index in [9.17, 15) is 9.50 Å².